The number of carbonyl (C=O) groups is 1. The Hall–Kier alpha value is -0.770. The molecule has 1 rings (SSSR count). The van der Waals surface area contributed by atoms with Gasteiger partial charge >= 0.3 is 6.03 Å². The minimum absolute atomic E-state index is 0.0728. The maximum Gasteiger partial charge on any atom is 0.315 e. The Balaban J connectivity index is 2.11. The highest BCUT2D eigenvalue weighted by Gasteiger charge is 2.42. The third kappa shape index (κ3) is 3.22. The van der Waals surface area contributed by atoms with E-state index in [2.05, 4.69) is 17.6 Å². The predicted molar refractivity (Wildman–Crippen MR) is 52.5 cm³/mol. The van der Waals surface area contributed by atoms with Gasteiger partial charge in [0, 0.05) is 13.1 Å². The Morgan fingerprint density at radius 2 is 2.23 bits per heavy atom. The SMILES string of the molecule is CCCCNC(=O)NC1(CN)CC1. The molecule has 4 N–H and O–H groups in total. The number of carbonyl (C=O) groups excluding carboxylic acids is 1. The van der Waals surface area contributed by atoms with Gasteiger partial charge in [-0.3, -0.25) is 0 Å². The summed E-state index contributed by atoms with van der Waals surface area (Å²) in [6.07, 6.45) is 4.17. The summed E-state index contributed by atoms with van der Waals surface area (Å²) in [7, 11) is 0. The van der Waals surface area contributed by atoms with E-state index in [0.29, 0.717) is 6.54 Å². The van der Waals surface area contributed by atoms with Crippen LogP contribution in [0, 0.1) is 0 Å². The van der Waals surface area contributed by atoms with Gasteiger partial charge in [-0.25, -0.2) is 4.79 Å². The lowest BCUT2D eigenvalue weighted by Crippen LogP contribution is -2.47. The molecule has 1 aliphatic carbocycles. The average molecular weight is 185 g/mol. The van der Waals surface area contributed by atoms with Crippen LogP contribution >= 0.6 is 0 Å². The fourth-order valence-electron chi connectivity index (χ4n) is 1.19. The molecule has 0 aromatic heterocycles. The van der Waals surface area contributed by atoms with Crippen LogP contribution in [0.5, 0.6) is 0 Å². The molecular weight excluding hydrogens is 166 g/mol. The molecule has 1 fully saturated rings. The van der Waals surface area contributed by atoms with Crippen molar-refractivity contribution in [2.75, 3.05) is 13.1 Å². The minimum Gasteiger partial charge on any atom is -0.338 e. The summed E-state index contributed by atoms with van der Waals surface area (Å²) >= 11 is 0. The molecule has 4 nitrogen and oxygen atoms in total. The number of nitrogens with two attached hydrogens (primary N) is 1. The molecule has 0 heterocycles. The molecule has 0 unspecified atom stereocenters. The number of amides is 2. The second-order valence-corrected chi connectivity index (χ2v) is 3.72. The fourth-order valence-corrected chi connectivity index (χ4v) is 1.19. The van der Waals surface area contributed by atoms with E-state index < -0.39 is 0 Å². The van der Waals surface area contributed by atoms with E-state index in [1.54, 1.807) is 0 Å². The summed E-state index contributed by atoms with van der Waals surface area (Å²) in [4.78, 5) is 11.3. The van der Waals surface area contributed by atoms with Gasteiger partial charge in [0.15, 0.2) is 0 Å². The van der Waals surface area contributed by atoms with Crippen LogP contribution in [0.3, 0.4) is 0 Å². The molecule has 1 saturated carbocycles. The van der Waals surface area contributed by atoms with E-state index in [1.165, 1.54) is 0 Å². The van der Waals surface area contributed by atoms with Crippen molar-refractivity contribution < 1.29 is 4.79 Å². The highest BCUT2D eigenvalue weighted by Crippen LogP contribution is 2.33. The normalized spacial score (nSPS) is 18.0. The molecule has 0 saturated heterocycles. The van der Waals surface area contributed by atoms with E-state index in [0.717, 1.165) is 32.2 Å². The first-order chi connectivity index (χ1) is 6.22. The molecule has 0 spiro atoms. The molecule has 2 amide bonds. The second-order valence-electron chi connectivity index (χ2n) is 3.72. The summed E-state index contributed by atoms with van der Waals surface area (Å²) in [6.45, 7) is 3.40. The van der Waals surface area contributed by atoms with E-state index in [1.807, 2.05) is 0 Å². The first kappa shape index (κ1) is 10.3. The van der Waals surface area contributed by atoms with Crippen molar-refractivity contribution in [3.05, 3.63) is 0 Å². The molecule has 0 bridgehead atoms. The largest absolute Gasteiger partial charge is 0.338 e. The van der Waals surface area contributed by atoms with Gasteiger partial charge in [0.1, 0.15) is 0 Å². The fraction of sp³-hybridized carbons (Fsp3) is 0.889. The molecule has 0 aromatic rings. The summed E-state index contributed by atoms with van der Waals surface area (Å²) in [5.74, 6) is 0. The van der Waals surface area contributed by atoms with Crippen LogP contribution in [0.4, 0.5) is 4.79 Å². The number of rotatable bonds is 5. The molecule has 4 heteroatoms. The number of hydrogen-bond acceptors (Lipinski definition) is 2. The van der Waals surface area contributed by atoms with Gasteiger partial charge in [0.2, 0.25) is 0 Å². The van der Waals surface area contributed by atoms with Crippen molar-refractivity contribution in [1.82, 2.24) is 10.6 Å². The van der Waals surface area contributed by atoms with Crippen molar-refractivity contribution in [2.45, 2.75) is 38.1 Å². The first-order valence-corrected chi connectivity index (χ1v) is 4.98. The van der Waals surface area contributed by atoms with Gasteiger partial charge in [-0.15, -0.1) is 0 Å². The summed E-state index contributed by atoms with van der Waals surface area (Å²) in [5, 5.41) is 5.71. The van der Waals surface area contributed by atoms with Gasteiger partial charge in [-0.2, -0.15) is 0 Å². The predicted octanol–water partition coefficient (Wildman–Crippen LogP) is 0.577. The molecule has 0 atom stereocenters. The molecule has 76 valence electrons. The van der Waals surface area contributed by atoms with Gasteiger partial charge in [-0.05, 0) is 19.3 Å². The van der Waals surface area contributed by atoms with E-state index >= 15 is 0 Å². The van der Waals surface area contributed by atoms with Gasteiger partial charge < -0.3 is 16.4 Å². The lowest BCUT2D eigenvalue weighted by Gasteiger charge is -2.15. The minimum atomic E-state index is -0.0731. The van der Waals surface area contributed by atoms with Crippen LogP contribution in [-0.2, 0) is 0 Å². The van der Waals surface area contributed by atoms with Crippen LogP contribution in [0.2, 0.25) is 0 Å². The van der Waals surface area contributed by atoms with E-state index in [4.69, 9.17) is 5.73 Å². The number of hydrogen-bond donors (Lipinski definition) is 3. The third-order valence-electron chi connectivity index (χ3n) is 2.44. The zero-order valence-corrected chi connectivity index (χ0v) is 8.23. The van der Waals surface area contributed by atoms with Crippen LogP contribution in [0.25, 0.3) is 0 Å². The highest BCUT2D eigenvalue weighted by molar-refractivity contribution is 5.75. The molecular formula is C9H19N3O. The van der Waals surface area contributed by atoms with E-state index in [-0.39, 0.29) is 11.6 Å². The van der Waals surface area contributed by atoms with Crippen LogP contribution in [-0.4, -0.2) is 24.7 Å². The third-order valence-corrected chi connectivity index (χ3v) is 2.44. The lowest BCUT2D eigenvalue weighted by atomic mass is 10.3. The molecule has 0 aromatic carbocycles. The van der Waals surface area contributed by atoms with Crippen LogP contribution in [0.15, 0.2) is 0 Å². The Morgan fingerprint density at radius 1 is 1.54 bits per heavy atom. The van der Waals surface area contributed by atoms with Crippen molar-refractivity contribution in [2.24, 2.45) is 5.73 Å². The zero-order valence-electron chi connectivity index (χ0n) is 8.23. The summed E-state index contributed by atoms with van der Waals surface area (Å²) < 4.78 is 0. The summed E-state index contributed by atoms with van der Waals surface area (Å²) in [6, 6.07) is -0.0728. The summed E-state index contributed by atoms with van der Waals surface area (Å²) in [5.41, 5.74) is 5.46. The van der Waals surface area contributed by atoms with Crippen molar-refractivity contribution in [3.8, 4) is 0 Å². The van der Waals surface area contributed by atoms with E-state index in [9.17, 15) is 4.79 Å². The quantitative estimate of drug-likeness (QED) is 0.548. The molecule has 13 heavy (non-hydrogen) atoms. The maximum atomic E-state index is 11.3. The molecule has 0 aliphatic heterocycles. The van der Waals surface area contributed by atoms with Crippen molar-refractivity contribution in [1.29, 1.82) is 0 Å². The Kier molecular flexibility index (Phi) is 3.54. The molecule has 0 radical (unpaired) electrons. The topological polar surface area (TPSA) is 67.2 Å². The van der Waals surface area contributed by atoms with Crippen molar-refractivity contribution >= 4 is 6.03 Å². The number of unbranched alkanes of at least 4 members (excludes halogenated alkanes) is 1. The monoisotopic (exact) mass is 185 g/mol. The Labute approximate surface area is 79.3 Å². The smallest absolute Gasteiger partial charge is 0.315 e. The van der Waals surface area contributed by atoms with Gasteiger partial charge in [0.05, 0.1) is 5.54 Å². The van der Waals surface area contributed by atoms with Crippen molar-refractivity contribution in [3.63, 3.8) is 0 Å². The number of urea groups is 1. The number of nitrogens with one attached hydrogen (secondary N) is 2. The van der Waals surface area contributed by atoms with Crippen LogP contribution in [0.1, 0.15) is 32.6 Å². The Bertz CT molecular complexity index is 178. The Morgan fingerprint density at radius 3 is 2.69 bits per heavy atom. The highest BCUT2D eigenvalue weighted by atomic mass is 16.2. The average Bonchev–Trinajstić information content (AvgIpc) is 2.86. The molecule has 1 aliphatic rings. The first-order valence-electron chi connectivity index (χ1n) is 4.98. The maximum absolute atomic E-state index is 11.3. The standard InChI is InChI=1S/C9H19N3O/c1-2-3-6-11-8(13)12-9(7-10)4-5-9/h2-7,10H2,1H3,(H2,11,12,13). The van der Waals surface area contributed by atoms with Crippen LogP contribution < -0.4 is 16.4 Å². The van der Waals surface area contributed by atoms with Gasteiger partial charge in [-0.1, -0.05) is 13.3 Å². The zero-order chi connectivity index (χ0) is 9.73. The lowest BCUT2D eigenvalue weighted by molar-refractivity contribution is 0.236. The second kappa shape index (κ2) is 4.46. The van der Waals surface area contributed by atoms with Gasteiger partial charge in [0.25, 0.3) is 0 Å².